The number of piperidine rings is 1. The highest BCUT2D eigenvalue weighted by molar-refractivity contribution is 5.87. The Bertz CT molecular complexity index is 1070. The predicted octanol–water partition coefficient (Wildman–Crippen LogP) is 4.48. The minimum Gasteiger partial charge on any atom is -0.355 e. The lowest BCUT2D eigenvalue weighted by atomic mass is 9.90. The van der Waals surface area contributed by atoms with Crippen LogP contribution < -0.4 is 10.2 Å². The number of rotatable bonds is 4. The zero-order valence-corrected chi connectivity index (χ0v) is 15.5. The Kier molecular flexibility index (Phi) is 4.37. The molecule has 6 heteroatoms. The molecule has 28 heavy (non-hydrogen) atoms. The minimum atomic E-state index is 0.475. The van der Waals surface area contributed by atoms with E-state index in [4.69, 9.17) is 0 Å². The molecule has 0 saturated carbocycles. The summed E-state index contributed by atoms with van der Waals surface area (Å²) in [5.41, 5.74) is 3.32. The molecule has 140 valence electrons. The van der Waals surface area contributed by atoms with Crippen LogP contribution in [0.2, 0.25) is 0 Å². The van der Waals surface area contributed by atoms with E-state index in [0.29, 0.717) is 5.92 Å². The van der Waals surface area contributed by atoms with Crippen molar-refractivity contribution in [2.75, 3.05) is 23.3 Å². The van der Waals surface area contributed by atoms with Crippen LogP contribution in [0.1, 0.15) is 24.3 Å². The zero-order chi connectivity index (χ0) is 18.8. The molecule has 5 rings (SSSR count). The van der Waals surface area contributed by atoms with Crippen molar-refractivity contribution in [1.82, 2.24) is 19.9 Å². The van der Waals surface area contributed by atoms with E-state index in [1.807, 2.05) is 24.4 Å². The van der Waals surface area contributed by atoms with E-state index in [1.165, 1.54) is 12.0 Å². The molecular formula is C22H22N6. The third kappa shape index (κ3) is 3.29. The largest absolute Gasteiger partial charge is 0.355 e. The van der Waals surface area contributed by atoms with Crippen molar-refractivity contribution in [2.45, 2.75) is 18.8 Å². The highest BCUT2D eigenvalue weighted by Crippen LogP contribution is 2.33. The first-order valence-electron chi connectivity index (χ1n) is 9.68. The fourth-order valence-corrected chi connectivity index (χ4v) is 4.01. The van der Waals surface area contributed by atoms with Crippen LogP contribution in [0, 0.1) is 0 Å². The molecule has 0 bridgehead atoms. The fraction of sp³-hybridized carbons (Fsp3) is 0.227. The van der Waals surface area contributed by atoms with Crippen LogP contribution in [0.15, 0.2) is 67.3 Å². The van der Waals surface area contributed by atoms with Gasteiger partial charge in [-0.2, -0.15) is 0 Å². The maximum Gasteiger partial charge on any atom is 0.142 e. The number of aromatic nitrogens is 4. The monoisotopic (exact) mass is 370 g/mol. The van der Waals surface area contributed by atoms with E-state index >= 15 is 0 Å². The molecule has 1 aliphatic rings. The molecule has 1 fully saturated rings. The first kappa shape index (κ1) is 16.7. The summed E-state index contributed by atoms with van der Waals surface area (Å²) in [4.78, 5) is 18.8. The maximum absolute atomic E-state index is 4.58. The van der Waals surface area contributed by atoms with E-state index in [0.717, 1.165) is 47.9 Å². The molecule has 6 nitrogen and oxygen atoms in total. The van der Waals surface area contributed by atoms with Gasteiger partial charge in [0.25, 0.3) is 0 Å². The van der Waals surface area contributed by atoms with Crippen molar-refractivity contribution in [2.24, 2.45) is 0 Å². The van der Waals surface area contributed by atoms with Gasteiger partial charge >= 0.3 is 0 Å². The Morgan fingerprint density at radius 3 is 2.96 bits per heavy atom. The van der Waals surface area contributed by atoms with E-state index in [9.17, 15) is 0 Å². The molecule has 1 atom stereocenters. The van der Waals surface area contributed by atoms with E-state index < -0.39 is 0 Å². The topological polar surface area (TPSA) is 69.7 Å². The number of hydrogen-bond acceptors (Lipinski definition) is 5. The molecule has 3 aromatic heterocycles. The molecule has 1 aliphatic heterocycles. The number of aromatic amines is 1. The molecule has 0 aliphatic carbocycles. The van der Waals surface area contributed by atoms with Crippen molar-refractivity contribution in [3.8, 4) is 0 Å². The van der Waals surface area contributed by atoms with Gasteiger partial charge in [0.15, 0.2) is 0 Å². The average Bonchev–Trinajstić information content (AvgIpc) is 3.24. The summed E-state index contributed by atoms with van der Waals surface area (Å²) in [5, 5.41) is 4.49. The second-order valence-corrected chi connectivity index (χ2v) is 7.19. The molecular weight excluding hydrogens is 348 g/mol. The van der Waals surface area contributed by atoms with Crippen molar-refractivity contribution >= 4 is 28.4 Å². The van der Waals surface area contributed by atoms with Gasteiger partial charge in [0.05, 0.1) is 5.39 Å². The Labute approximate surface area is 163 Å². The first-order valence-corrected chi connectivity index (χ1v) is 9.68. The predicted molar refractivity (Wildman–Crippen MR) is 112 cm³/mol. The van der Waals surface area contributed by atoms with Gasteiger partial charge in [0.1, 0.15) is 23.6 Å². The highest BCUT2D eigenvalue weighted by atomic mass is 15.2. The Hall–Kier alpha value is -3.41. The molecule has 4 heterocycles. The summed E-state index contributed by atoms with van der Waals surface area (Å²) >= 11 is 0. The Morgan fingerprint density at radius 1 is 1.04 bits per heavy atom. The van der Waals surface area contributed by atoms with Gasteiger partial charge in [-0.05, 0) is 48.7 Å². The Morgan fingerprint density at radius 2 is 2.04 bits per heavy atom. The van der Waals surface area contributed by atoms with Crippen LogP contribution in [0.25, 0.3) is 11.0 Å². The lowest BCUT2D eigenvalue weighted by Crippen LogP contribution is -2.35. The van der Waals surface area contributed by atoms with Gasteiger partial charge in [0.2, 0.25) is 0 Å². The summed E-state index contributed by atoms with van der Waals surface area (Å²) < 4.78 is 0. The van der Waals surface area contributed by atoms with Crippen molar-refractivity contribution in [3.63, 3.8) is 0 Å². The number of nitrogens with one attached hydrogen (secondary N) is 2. The van der Waals surface area contributed by atoms with E-state index in [1.54, 1.807) is 12.5 Å². The summed E-state index contributed by atoms with van der Waals surface area (Å²) in [6, 6.07) is 16.6. The zero-order valence-electron chi connectivity index (χ0n) is 15.5. The second kappa shape index (κ2) is 7.31. The number of pyridine rings is 1. The van der Waals surface area contributed by atoms with Crippen LogP contribution in [-0.2, 0) is 0 Å². The summed E-state index contributed by atoms with van der Waals surface area (Å²) in [6.07, 6.45) is 7.71. The number of benzene rings is 1. The van der Waals surface area contributed by atoms with E-state index in [2.05, 4.69) is 60.5 Å². The van der Waals surface area contributed by atoms with Gasteiger partial charge in [0, 0.05) is 37.1 Å². The quantitative estimate of drug-likeness (QED) is 0.554. The fourth-order valence-electron chi connectivity index (χ4n) is 4.01. The van der Waals surface area contributed by atoms with Crippen molar-refractivity contribution < 1.29 is 0 Å². The first-order chi connectivity index (χ1) is 13.9. The number of hydrogen-bond donors (Lipinski definition) is 2. The van der Waals surface area contributed by atoms with Gasteiger partial charge in [-0.1, -0.05) is 18.2 Å². The van der Waals surface area contributed by atoms with Crippen LogP contribution >= 0.6 is 0 Å². The maximum atomic E-state index is 4.58. The Balaban J connectivity index is 1.38. The molecule has 4 aromatic rings. The van der Waals surface area contributed by atoms with Gasteiger partial charge in [-0.15, -0.1) is 0 Å². The molecule has 0 unspecified atom stereocenters. The minimum absolute atomic E-state index is 0.475. The molecule has 0 radical (unpaired) electrons. The smallest absolute Gasteiger partial charge is 0.142 e. The number of anilines is 3. The normalized spacial score (nSPS) is 17.0. The van der Waals surface area contributed by atoms with Crippen LogP contribution in [-0.4, -0.2) is 33.0 Å². The van der Waals surface area contributed by atoms with Gasteiger partial charge in [-0.25, -0.2) is 15.0 Å². The molecule has 2 N–H and O–H groups in total. The molecule has 0 spiro atoms. The molecule has 1 saturated heterocycles. The standard InChI is InChI=1S/C22H22N6/c1-2-10-23-20(8-1)27-18-7-3-5-16(13-18)17-6-4-12-28(14-17)22-19-9-11-24-21(19)25-15-26-22/h1-3,5,7-11,13,15,17H,4,6,12,14H2,(H,23,27)(H,24,25,26)/t17-/m1/s1. The van der Waals surface area contributed by atoms with Crippen LogP contribution in [0.5, 0.6) is 0 Å². The number of nitrogens with zero attached hydrogens (tertiary/aromatic N) is 4. The van der Waals surface area contributed by atoms with Crippen molar-refractivity contribution in [1.29, 1.82) is 0 Å². The summed E-state index contributed by atoms with van der Waals surface area (Å²) in [7, 11) is 0. The molecule has 0 amide bonds. The molecule has 1 aromatic carbocycles. The summed E-state index contributed by atoms with van der Waals surface area (Å²) in [5.74, 6) is 2.36. The van der Waals surface area contributed by atoms with Gasteiger partial charge in [-0.3, -0.25) is 0 Å². The average molecular weight is 370 g/mol. The van der Waals surface area contributed by atoms with Gasteiger partial charge < -0.3 is 15.2 Å². The van der Waals surface area contributed by atoms with E-state index in [-0.39, 0.29) is 0 Å². The van der Waals surface area contributed by atoms with Crippen LogP contribution in [0.3, 0.4) is 0 Å². The third-order valence-electron chi connectivity index (χ3n) is 5.35. The number of fused-ring (bicyclic) bond motifs is 1. The third-order valence-corrected chi connectivity index (χ3v) is 5.35. The summed E-state index contributed by atoms with van der Waals surface area (Å²) in [6.45, 7) is 1.99. The lowest BCUT2D eigenvalue weighted by Gasteiger charge is -2.34. The highest BCUT2D eigenvalue weighted by Gasteiger charge is 2.24. The van der Waals surface area contributed by atoms with Crippen LogP contribution in [0.4, 0.5) is 17.3 Å². The second-order valence-electron chi connectivity index (χ2n) is 7.19. The number of H-pyrrole nitrogens is 1. The lowest BCUT2D eigenvalue weighted by molar-refractivity contribution is 0.508. The SMILES string of the molecule is c1ccc(Nc2cccc([C@@H]3CCCN(c4ncnc5[nH]ccc45)C3)c2)nc1. The van der Waals surface area contributed by atoms with Crippen molar-refractivity contribution in [3.05, 3.63) is 72.8 Å².